The average molecular weight is 753 g/mol. The minimum Gasteiger partial charge on any atom is -0.309 e. The third kappa shape index (κ3) is 5.27. The van der Waals surface area contributed by atoms with Crippen molar-refractivity contribution in [2.45, 2.75) is 0 Å². The third-order valence-corrected chi connectivity index (χ3v) is 11.9. The van der Waals surface area contributed by atoms with Crippen LogP contribution >= 0.6 is 0 Å². The molecule has 0 atom stereocenters. The van der Waals surface area contributed by atoms with Crippen molar-refractivity contribution in [3.63, 3.8) is 0 Å². The standard InChI is InChI=1S/C55H36N4/c1-3-14-38(15-4-1)49-33-31-44(36-56-49)57(43-30-32-47-46-21-9-10-23-50(46)58(53(47)35-43)40-18-5-2-6-19-40)41-26-28-42(29-27-41)59-51-24-12-17-39-16-11-22-48(54(39)51)55-45-20-8-7-13-37(45)25-34-52(55)59/h1-36H. The lowest BCUT2D eigenvalue weighted by Crippen LogP contribution is -2.16. The van der Waals surface area contributed by atoms with E-state index < -0.39 is 0 Å². The zero-order chi connectivity index (χ0) is 38.9. The molecule has 0 unspecified atom stereocenters. The van der Waals surface area contributed by atoms with Crippen LogP contribution in [0.1, 0.15) is 0 Å². The average Bonchev–Trinajstić information content (AvgIpc) is 3.64. The number of para-hydroxylation sites is 2. The molecule has 0 bridgehead atoms. The fourth-order valence-electron chi connectivity index (χ4n) is 9.30. The lowest BCUT2D eigenvalue weighted by atomic mass is 9.87. The van der Waals surface area contributed by atoms with Gasteiger partial charge in [0.15, 0.2) is 0 Å². The largest absolute Gasteiger partial charge is 0.309 e. The molecule has 4 nitrogen and oxygen atoms in total. The van der Waals surface area contributed by atoms with Crippen LogP contribution in [0, 0.1) is 0 Å². The number of hydrogen-bond donors (Lipinski definition) is 0. The first kappa shape index (κ1) is 33.2. The molecule has 3 heterocycles. The van der Waals surface area contributed by atoms with Crippen LogP contribution in [0.3, 0.4) is 0 Å². The Hall–Kier alpha value is -7.95. The van der Waals surface area contributed by atoms with Gasteiger partial charge in [0.1, 0.15) is 0 Å². The fourth-order valence-corrected chi connectivity index (χ4v) is 9.30. The molecule has 1 aliphatic heterocycles. The molecule has 0 saturated carbocycles. The minimum absolute atomic E-state index is 0.940. The normalized spacial score (nSPS) is 12.0. The molecule has 0 radical (unpaired) electrons. The van der Waals surface area contributed by atoms with Crippen molar-refractivity contribution in [2.75, 3.05) is 9.80 Å². The number of pyridine rings is 1. The van der Waals surface area contributed by atoms with Gasteiger partial charge in [-0.2, -0.15) is 0 Å². The van der Waals surface area contributed by atoms with E-state index in [2.05, 4.69) is 221 Å². The van der Waals surface area contributed by atoms with Gasteiger partial charge in [0, 0.05) is 50.0 Å². The summed E-state index contributed by atoms with van der Waals surface area (Å²) in [5.41, 5.74) is 14.6. The maximum Gasteiger partial charge on any atom is 0.0703 e. The molecule has 276 valence electrons. The van der Waals surface area contributed by atoms with Crippen LogP contribution in [0.15, 0.2) is 219 Å². The first-order valence-electron chi connectivity index (χ1n) is 20.1. The van der Waals surface area contributed by atoms with Crippen LogP contribution in [0.2, 0.25) is 0 Å². The summed E-state index contributed by atoms with van der Waals surface area (Å²) in [6.07, 6.45) is 2.00. The van der Waals surface area contributed by atoms with Crippen LogP contribution in [-0.2, 0) is 0 Å². The molecule has 1 aliphatic rings. The smallest absolute Gasteiger partial charge is 0.0703 e. The predicted octanol–water partition coefficient (Wildman–Crippen LogP) is 15.1. The number of nitrogens with zero attached hydrogens (tertiary/aromatic N) is 4. The molecule has 0 spiro atoms. The van der Waals surface area contributed by atoms with Crippen LogP contribution < -0.4 is 9.80 Å². The summed E-state index contributed by atoms with van der Waals surface area (Å²) in [5, 5.41) is 7.45. The number of fused-ring (bicyclic) bond motifs is 7. The predicted molar refractivity (Wildman–Crippen MR) is 247 cm³/mol. The molecule has 0 fully saturated rings. The molecule has 0 saturated heterocycles. The molecule has 0 N–H and O–H groups in total. The second-order valence-electron chi connectivity index (χ2n) is 15.2. The van der Waals surface area contributed by atoms with E-state index in [1.807, 2.05) is 12.3 Å². The summed E-state index contributed by atoms with van der Waals surface area (Å²) in [4.78, 5) is 9.77. The summed E-state index contributed by atoms with van der Waals surface area (Å²) in [5.74, 6) is 0. The quantitative estimate of drug-likeness (QED) is 0.169. The van der Waals surface area contributed by atoms with Gasteiger partial charge in [0.25, 0.3) is 0 Å². The molecule has 4 heteroatoms. The van der Waals surface area contributed by atoms with Crippen LogP contribution in [0.5, 0.6) is 0 Å². The van der Waals surface area contributed by atoms with Gasteiger partial charge >= 0.3 is 0 Å². The van der Waals surface area contributed by atoms with Crippen molar-refractivity contribution in [2.24, 2.45) is 0 Å². The highest BCUT2D eigenvalue weighted by molar-refractivity contribution is 6.19. The Bertz CT molecular complexity index is 3360. The molecule has 12 rings (SSSR count). The Balaban J connectivity index is 1.04. The summed E-state index contributed by atoms with van der Waals surface area (Å²) < 4.78 is 2.38. The van der Waals surface area contributed by atoms with Gasteiger partial charge in [-0.05, 0) is 101 Å². The number of benzene rings is 9. The van der Waals surface area contributed by atoms with Crippen LogP contribution in [0.25, 0.3) is 71.4 Å². The van der Waals surface area contributed by atoms with Gasteiger partial charge in [0.2, 0.25) is 0 Å². The minimum atomic E-state index is 0.940. The summed E-state index contributed by atoms with van der Waals surface area (Å²) in [6.45, 7) is 0. The molecular weight excluding hydrogens is 717 g/mol. The molecule has 9 aromatic carbocycles. The molecule has 0 aliphatic carbocycles. The Labute approximate surface area is 342 Å². The van der Waals surface area contributed by atoms with Crippen LogP contribution in [0.4, 0.5) is 34.1 Å². The van der Waals surface area contributed by atoms with Gasteiger partial charge in [-0.15, -0.1) is 0 Å². The van der Waals surface area contributed by atoms with E-state index in [0.29, 0.717) is 0 Å². The Morgan fingerprint density at radius 3 is 1.90 bits per heavy atom. The van der Waals surface area contributed by atoms with E-state index >= 15 is 0 Å². The highest BCUT2D eigenvalue weighted by Gasteiger charge is 2.28. The summed E-state index contributed by atoms with van der Waals surface area (Å²) in [7, 11) is 0. The zero-order valence-electron chi connectivity index (χ0n) is 32.1. The van der Waals surface area contributed by atoms with E-state index in [4.69, 9.17) is 4.98 Å². The zero-order valence-corrected chi connectivity index (χ0v) is 32.1. The van der Waals surface area contributed by atoms with E-state index in [0.717, 1.165) is 45.2 Å². The van der Waals surface area contributed by atoms with Crippen molar-refractivity contribution in [3.8, 4) is 28.1 Å². The maximum atomic E-state index is 5.01. The number of hydrogen-bond acceptors (Lipinski definition) is 3. The van der Waals surface area contributed by atoms with Gasteiger partial charge in [-0.3, -0.25) is 4.98 Å². The van der Waals surface area contributed by atoms with Crippen LogP contribution in [-0.4, -0.2) is 9.55 Å². The fraction of sp³-hybridized carbons (Fsp3) is 0. The Kier molecular flexibility index (Phi) is 7.50. The second-order valence-corrected chi connectivity index (χ2v) is 15.2. The van der Waals surface area contributed by atoms with Gasteiger partial charge < -0.3 is 14.4 Å². The van der Waals surface area contributed by atoms with Crippen molar-refractivity contribution < 1.29 is 0 Å². The van der Waals surface area contributed by atoms with Gasteiger partial charge in [-0.1, -0.05) is 133 Å². The number of aromatic nitrogens is 2. The van der Waals surface area contributed by atoms with Crippen molar-refractivity contribution >= 4 is 77.5 Å². The van der Waals surface area contributed by atoms with Crippen molar-refractivity contribution in [3.05, 3.63) is 219 Å². The van der Waals surface area contributed by atoms with Gasteiger partial charge in [-0.25, -0.2) is 0 Å². The Morgan fingerprint density at radius 2 is 1.08 bits per heavy atom. The SMILES string of the molecule is c1ccc(-c2ccc(N(c3ccc(N4c5ccc6ccccc6c5-c5cccc6cccc4c56)cc3)c3ccc4c5ccccc5n(-c5ccccc5)c4c3)cn2)cc1. The van der Waals surface area contributed by atoms with E-state index in [1.165, 1.54) is 60.3 Å². The highest BCUT2D eigenvalue weighted by atomic mass is 15.2. The molecule has 59 heavy (non-hydrogen) atoms. The number of anilines is 6. The van der Waals surface area contributed by atoms with Crippen molar-refractivity contribution in [1.29, 1.82) is 0 Å². The maximum absolute atomic E-state index is 5.01. The van der Waals surface area contributed by atoms with Gasteiger partial charge in [0.05, 0.1) is 40.0 Å². The molecular formula is C55H36N4. The topological polar surface area (TPSA) is 24.3 Å². The third-order valence-electron chi connectivity index (χ3n) is 11.9. The van der Waals surface area contributed by atoms with Crippen molar-refractivity contribution in [1.82, 2.24) is 9.55 Å². The monoisotopic (exact) mass is 752 g/mol. The first-order valence-corrected chi connectivity index (χ1v) is 20.1. The summed E-state index contributed by atoms with van der Waals surface area (Å²) >= 11 is 0. The first-order chi connectivity index (χ1) is 29.3. The number of rotatable bonds is 6. The molecule has 0 amide bonds. The summed E-state index contributed by atoms with van der Waals surface area (Å²) in [6, 6.07) is 76.5. The Morgan fingerprint density at radius 1 is 0.407 bits per heavy atom. The lowest BCUT2D eigenvalue weighted by molar-refractivity contribution is 1.17. The molecule has 2 aromatic heterocycles. The van der Waals surface area contributed by atoms with E-state index in [-0.39, 0.29) is 0 Å². The highest BCUT2D eigenvalue weighted by Crippen LogP contribution is 2.53. The molecule has 11 aromatic rings. The second kappa shape index (κ2) is 13.3. The lowest BCUT2D eigenvalue weighted by Gasteiger charge is -2.34. The van der Waals surface area contributed by atoms with E-state index in [1.54, 1.807) is 0 Å². The van der Waals surface area contributed by atoms with E-state index in [9.17, 15) is 0 Å².